The molecule has 0 N–H and O–H groups in total. The molecule has 0 aliphatic heterocycles. The van der Waals surface area contributed by atoms with Crippen molar-refractivity contribution in [3.05, 3.63) is 0 Å². The molecule has 0 atom stereocenters. The molecule has 0 heterocycles. The summed E-state index contributed by atoms with van der Waals surface area (Å²) in [6.07, 6.45) is 1.41. The zero-order chi connectivity index (χ0) is 7.11. The molecular formula is C5H9O3Pu. The van der Waals surface area contributed by atoms with Crippen molar-refractivity contribution in [3.8, 4) is 0 Å². The second-order valence-electron chi connectivity index (χ2n) is 1.54. The molecule has 0 bridgehead atoms. The van der Waals surface area contributed by atoms with Gasteiger partial charge in [-0.15, -0.1) is 0 Å². The molecule has 0 radical (unpaired) electrons. The average Bonchev–Trinajstić information content (AvgIpc) is 1.89. The van der Waals surface area contributed by atoms with Crippen LogP contribution in [0.4, 0.5) is 4.79 Å². The summed E-state index contributed by atoms with van der Waals surface area (Å²) >= 11 is 0.489. The second kappa shape index (κ2) is 6.38. The number of hydrogen-bond acceptors (Lipinski definition) is 3. The topological polar surface area (TPSA) is 35.5 Å². The van der Waals surface area contributed by atoms with Crippen LogP contribution in [0.1, 0.15) is 19.8 Å². The zero-order valence-corrected chi connectivity index (χ0v) is 8.65. The Bertz CT molecular complexity index is 84.3. The number of hydrogen-bond donors (Lipinski definition) is 0. The van der Waals surface area contributed by atoms with Crippen LogP contribution in [-0.4, -0.2) is 12.8 Å². The van der Waals surface area contributed by atoms with E-state index in [2.05, 4.69) is 7.21 Å². The maximum atomic E-state index is 10.3. The van der Waals surface area contributed by atoms with Gasteiger partial charge in [0, 0.05) is 0 Å². The average molecular weight is 361 g/mol. The molecule has 0 spiro atoms. The number of ether oxygens (including phenoxy) is 1. The molecule has 9 heavy (non-hydrogen) atoms. The van der Waals surface area contributed by atoms with Gasteiger partial charge in [-0.1, -0.05) is 0 Å². The van der Waals surface area contributed by atoms with Crippen LogP contribution in [0.5, 0.6) is 0 Å². The molecule has 53 valence electrons. The second-order valence-corrected chi connectivity index (χ2v) is 2.23. The number of rotatable bonds is 3. The molecule has 0 saturated carbocycles. The molecule has 0 fully saturated rings. The molecule has 0 rings (SSSR count). The van der Waals surface area contributed by atoms with Gasteiger partial charge in [-0.2, -0.15) is 0 Å². The molecular weight excluding hydrogens is 352 g/mol. The van der Waals surface area contributed by atoms with Crippen molar-refractivity contribution in [1.82, 2.24) is 0 Å². The molecule has 4 heteroatoms. The van der Waals surface area contributed by atoms with E-state index in [4.69, 9.17) is 0 Å². The Hall–Kier alpha value is 0.257. The Balaban J connectivity index is 2.97. The van der Waals surface area contributed by atoms with Gasteiger partial charge in [0.05, 0.1) is 0 Å². The fraction of sp³-hybridized carbons (Fsp3) is 0.800. The van der Waals surface area contributed by atoms with Crippen molar-refractivity contribution < 1.29 is 40.0 Å². The van der Waals surface area contributed by atoms with Gasteiger partial charge in [0.25, 0.3) is 0 Å². The third-order valence-corrected chi connectivity index (χ3v) is 1.35. The van der Waals surface area contributed by atoms with Crippen molar-refractivity contribution in [1.29, 1.82) is 0 Å². The summed E-state index contributed by atoms with van der Waals surface area (Å²) in [6, 6.07) is 0. The van der Waals surface area contributed by atoms with E-state index in [-0.39, 0.29) is 0 Å². The first-order chi connectivity index (χ1) is 4.31. The van der Waals surface area contributed by atoms with Crippen molar-refractivity contribution >= 4 is 6.16 Å². The minimum atomic E-state index is -0.537. The fourth-order valence-corrected chi connectivity index (χ4v) is 0.524. The Labute approximate surface area is 72.5 Å². The third kappa shape index (κ3) is 6.14. The normalized spacial score (nSPS) is 8.78. The molecule has 3 nitrogen and oxygen atoms in total. The summed E-state index contributed by atoms with van der Waals surface area (Å²) in [5.74, 6) is 0. The van der Waals surface area contributed by atoms with Gasteiger partial charge in [0.2, 0.25) is 0 Å². The Kier molecular flexibility index (Phi) is 6.56. The first-order valence-electron chi connectivity index (χ1n) is 2.77. The first-order valence-corrected chi connectivity index (χ1v) is 4.16. The van der Waals surface area contributed by atoms with Crippen molar-refractivity contribution in [2.45, 2.75) is 19.8 Å². The SMILES string of the molecule is CCCCOC(=O)[O][Pu]. The van der Waals surface area contributed by atoms with Gasteiger partial charge in [-0.25, -0.2) is 0 Å². The summed E-state index contributed by atoms with van der Waals surface area (Å²) in [4.78, 5) is 10.3. The minimum absolute atomic E-state index is 0.482. The van der Waals surface area contributed by atoms with Gasteiger partial charge in [0.1, 0.15) is 0 Å². The van der Waals surface area contributed by atoms with Crippen LogP contribution >= 0.6 is 0 Å². The molecule has 0 aliphatic carbocycles. The van der Waals surface area contributed by atoms with Crippen LogP contribution in [0.15, 0.2) is 0 Å². The number of carbonyl (C=O) groups is 1. The van der Waals surface area contributed by atoms with Crippen LogP contribution in [0.3, 0.4) is 0 Å². The molecule has 0 aromatic carbocycles. The van der Waals surface area contributed by atoms with Crippen LogP contribution in [-0.2, 0) is 7.21 Å². The zero-order valence-electron chi connectivity index (χ0n) is 5.25. The number of unbranched alkanes of at least 4 members (excludes halogenated alkanes) is 1. The van der Waals surface area contributed by atoms with Crippen LogP contribution in [0, 0.1) is 28.0 Å². The van der Waals surface area contributed by atoms with Gasteiger partial charge in [0.15, 0.2) is 0 Å². The van der Waals surface area contributed by atoms with Gasteiger partial charge < -0.3 is 0 Å². The summed E-state index contributed by atoms with van der Waals surface area (Å²) < 4.78 is 8.97. The Morgan fingerprint density at radius 1 is 1.67 bits per heavy atom. The van der Waals surface area contributed by atoms with E-state index in [9.17, 15) is 4.79 Å². The van der Waals surface area contributed by atoms with E-state index in [1.807, 2.05) is 6.92 Å². The summed E-state index contributed by atoms with van der Waals surface area (Å²) in [5.41, 5.74) is 0. The third-order valence-electron chi connectivity index (χ3n) is 0.786. The van der Waals surface area contributed by atoms with Crippen LogP contribution < -0.4 is 0 Å². The van der Waals surface area contributed by atoms with E-state index in [1.165, 1.54) is 0 Å². The van der Waals surface area contributed by atoms with Crippen LogP contribution in [0.25, 0.3) is 0 Å². The van der Waals surface area contributed by atoms with Crippen molar-refractivity contribution in [2.24, 2.45) is 0 Å². The van der Waals surface area contributed by atoms with Gasteiger partial charge in [-0.3, -0.25) is 0 Å². The van der Waals surface area contributed by atoms with E-state index >= 15 is 0 Å². The fourth-order valence-electron chi connectivity index (χ4n) is 0.324. The first kappa shape index (κ1) is 9.26. The van der Waals surface area contributed by atoms with E-state index in [0.29, 0.717) is 34.6 Å². The van der Waals surface area contributed by atoms with E-state index in [1.54, 1.807) is 0 Å². The van der Waals surface area contributed by atoms with E-state index in [0.717, 1.165) is 12.8 Å². The molecule has 0 saturated heterocycles. The quantitative estimate of drug-likeness (QED) is 0.563. The molecule has 0 aromatic rings. The Morgan fingerprint density at radius 3 is 2.78 bits per heavy atom. The molecule has 0 aromatic heterocycles. The van der Waals surface area contributed by atoms with E-state index < -0.39 is 6.16 Å². The predicted molar refractivity (Wildman–Crippen MR) is 27.3 cm³/mol. The molecule has 0 amide bonds. The predicted octanol–water partition coefficient (Wildman–Crippen LogP) is 1.40. The number of carbonyl (C=O) groups excluding carboxylic acids is 1. The molecule has 0 unspecified atom stereocenters. The van der Waals surface area contributed by atoms with Gasteiger partial charge in [-0.05, 0) is 0 Å². The Morgan fingerprint density at radius 2 is 2.33 bits per heavy atom. The van der Waals surface area contributed by atoms with Crippen molar-refractivity contribution in [2.75, 3.05) is 6.61 Å². The standard InChI is InChI=1S/C5H10O3.Pu/c1-2-3-4-8-5(6)7;/h2-4H2,1H3,(H,6,7);/q;+1/p-1. The van der Waals surface area contributed by atoms with Crippen molar-refractivity contribution in [3.63, 3.8) is 0 Å². The van der Waals surface area contributed by atoms with Crippen LogP contribution in [0.2, 0.25) is 0 Å². The maximum absolute atomic E-state index is 10.3. The molecule has 0 aliphatic rings. The summed E-state index contributed by atoms with van der Waals surface area (Å²) in [7, 11) is 0. The summed E-state index contributed by atoms with van der Waals surface area (Å²) in [6.45, 7) is 2.52. The summed E-state index contributed by atoms with van der Waals surface area (Å²) in [5, 5.41) is 0. The van der Waals surface area contributed by atoms with Gasteiger partial charge >= 0.3 is 72.6 Å². The monoisotopic (exact) mass is 355 g/mol.